The summed E-state index contributed by atoms with van der Waals surface area (Å²) in [5.41, 5.74) is 4.39. The number of ether oxygens (including phenoxy) is 2. The molecule has 0 amide bonds. The normalized spacial score (nSPS) is 29.5. The highest BCUT2D eigenvalue weighted by molar-refractivity contribution is 6.30. The summed E-state index contributed by atoms with van der Waals surface area (Å²) in [6.07, 6.45) is 3.42. The number of nitrogens with zero attached hydrogens (tertiary/aromatic N) is 3. The lowest BCUT2D eigenvalue weighted by Crippen LogP contribution is -2.44. The highest BCUT2D eigenvalue weighted by Gasteiger charge is 2.93. The fourth-order valence-corrected chi connectivity index (χ4v) is 4.45. The van der Waals surface area contributed by atoms with Crippen LogP contribution in [0.2, 0.25) is 5.02 Å². The number of amidine groups is 1. The van der Waals surface area contributed by atoms with Crippen LogP contribution in [0.1, 0.15) is 51.0 Å². The lowest BCUT2D eigenvalue weighted by Gasteiger charge is -2.32. The Kier molecular flexibility index (Phi) is 5.68. The Bertz CT molecular complexity index is 849. The molecule has 1 aliphatic carbocycles. The minimum atomic E-state index is -1.58. The van der Waals surface area contributed by atoms with Gasteiger partial charge in [-0.15, -0.1) is 0 Å². The highest BCUT2D eigenvalue weighted by Crippen LogP contribution is 2.82. The van der Waals surface area contributed by atoms with Gasteiger partial charge in [0.25, 0.3) is 5.91 Å². The molecule has 0 bridgehead atoms. The molecule has 28 heavy (non-hydrogen) atoms. The molecular formula is C21H25ClN4O2. The molecule has 3 rings (SSSR count). The van der Waals surface area contributed by atoms with Crippen molar-refractivity contribution in [3.63, 3.8) is 0 Å². The Morgan fingerprint density at radius 1 is 1.14 bits per heavy atom. The van der Waals surface area contributed by atoms with Crippen molar-refractivity contribution in [2.75, 3.05) is 13.2 Å². The lowest BCUT2D eigenvalue weighted by molar-refractivity contribution is -0.260. The summed E-state index contributed by atoms with van der Waals surface area (Å²) in [5, 5.41) is 20.9. The number of hydrogen-bond acceptors (Lipinski definition) is 6. The van der Waals surface area contributed by atoms with Crippen LogP contribution in [0.3, 0.4) is 0 Å². The van der Waals surface area contributed by atoms with E-state index < -0.39 is 22.7 Å². The summed E-state index contributed by atoms with van der Waals surface area (Å²) >= 11 is 6.17. The minimum absolute atomic E-state index is 0.0922. The number of fused-ring (bicyclic) bond motifs is 1. The topological polar surface area (TPSA) is 104 Å². The van der Waals surface area contributed by atoms with Crippen molar-refractivity contribution < 1.29 is 9.47 Å². The lowest BCUT2D eigenvalue weighted by atomic mass is 9.93. The van der Waals surface area contributed by atoms with Gasteiger partial charge in [-0.05, 0) is 30.5 Å². The summed E-state index contributed by atoms with van der Waals surface area (Å²) in [7, 11) is 0. The van der Waals surface area contributed by atoms with Gasteiger partial charge in [0.15, 0.2) is 5.41 Å². The van der Waals surface area contributed by atoms with Gasteiger partial charge in [-0.25, -0.2) is 4.99 Å². The Labute approximate surface area is 170 Å². The van der Waals surface area contributed by atoms with Gasteiger partial charge in [-0.1, -0.05) is 50.4 Å². The van der Waals surface area contributed by atoms with Gasteiger partial charge in [0, 0.05) is 10.9 Å². The smallest absolute Gasteiger partial charge is 0.293 e. The number of nitriles is 2. The molecule has 1 aliphatic heterocycles. The largest absolute Gasteiger partial charge is 0.386 e. The van der Waals surface area contributed by atoms with Crippen molar-refractivity contribution in [2.24, 2.45) is 21.6 Å². The standard InChI is InChI=1S/C21H25ClN4O2/c1-3-5-10-27-21(28-11-6-4-2)20(14-24)17(15-8-7-9-16(22)12-15)19(20,13-23)18(25)26-21/h7-9,12,17H,3-6,10-11H2,1-2H3,(H2,25,26). The van der Waals surface area contributed by atoms with Crippen molar-refractivity contribution in [1.29, 1.82) is 10.5 Å². The molecule has 2 N–H and O–H groups in total. The average molecular weight is 401 g/mol. The zero-order valence-corrected chi connectivity index (χ0v) is 17.0. The molecule has 1 aromatic carbocycles. The van der Waals surface area contributed by atoms with E-state index in [1.165, 1.54) is 0 Å². The van der Waals surface area contributed by atoms with Gasteiger partial charge >= 0.3 is 0 Å². The van der Waals surface area contributed by atoms with E-state index in [2.05, 4.69) is 17.1 Å². The fraction of sp³-hybridized carbons (Fsp3) is 0.571. The number of halogens is 1. The van der Waals surface area contributed by atoms with E-state index in [0.717, 1.165) is 31.2 Å². The summed E-state index contributed by atoms with van der Waals surface area (Å²) in [5.74, 6) is -2.01. The van der Waals surface area contributed by atoms with E-state index in [-0.39, 0.29) is 5.84 Å². The molecule has 2 aliphatic rings. The van der Waals surface area contributed by atoms with Crippen molar-refractivity contribution in [3.8, 4) is 12.1 Å². The first-order chi connectivity index (χ1) is 13.5. The van der Waals surface area contributed by atoms with Crippen LogP contribution in [-0.2, 0) is 9.47 Å². The van der Waals surface area contributed by atoms with Gasteiger partial charge in [0.2, 0.25) is 0 Å². The molecule has 6 nitrogen and oxygen atoms in total. The van der Waals surface area contributed by atoms with Gasteiger partial charge in [0.1, 0.15) is 11.3 Å². The highest BCUT2D eigenvalue weighted by atomic mass is 35.5. The van der Waals surface area contributed by atoms with Crippen molar-refractivity contribution in [1.82, 2.24) is 0 Å². The van der Waals surface area contributed by atoms with Gasteiger partial charge in [0.05, 0.1) is 25.4 Å². The van der Waals surface area contributed by atoms with E-state index in [9.17, 15) is 10.5 Å². The van der Waals surface area contributed by atoms with Crippen molar-refractivity contribution in [2.45, 2.75) is 51.4 Å². The number of hydrogen-bond donors (Lipinski definition) is 1. The van der Waals surface area contributed by atoms with E-state index >= 15 is 0 Å². The molecule has 7 heteroatoms. The van der Waals surface area contributed by atoms with E-state index in [4.69, 9.17) is 26.8 Å². The van der Waals surface area contributed by atoms with E-state index in [0.29, 0.717) is 18.2 Å². The number of nitrogens with two attached hydrogens (primary N) is 1. The first-order valence-corrected chi connectivity index (χ1v) is 10.1. The zero-order chi connectivity index (χ0) is 20.4. The maximum absolute atomic E-state index is 10.3. The SMILES string of the molecule is CCCCOC1(OCCCC)N=C(N)C2(C#N)C(c3cccc(Cl)c3)C12C#N. The summed E-state index contributed by atoms with van der Waals surface area (Å²) < 4.78 is 12.2. The molecule has 148 valence electrons. The molecule has 0 radical (unpaired) electrons. The van der Waals surface area contributed by atoms with Crippen LogP contribution in [-0.4, -0.2) is 25.0 Å². The second-order valence-electron chi connectivity index (χ2n) is 7.31. The molecule has 0 saturated heterocycles. The number of rotatable bonds is 9. The average Bonchev–Trinajstić information content (AvgIpc) is 3.27. The zero-order valence-electron chi connectivity index (χ0n) is 16.2. The molecule has 1 fully saturated rings. The predicted molar refractivity (Wildman–Crippen MR) is 106 cm³/mol. The Morgan fingerprint density at radius 3 is 2.29 bits per heavy atom. The maximum atomic E-state index is 10.3. The van der Waals surface area contributed by atoms with E-state index in [1.54, 1.807) is 18.2 Å². The minimum Gasteiger partial charge on any atom is -0.386 e. The first kappa shape index (κ1) is 20.6. The van der Waals surface area contributed by atoms with E-state index in [1.807, 2.05) is 19.9 Å². The summed E-state index contributed by atoms with van der Waals surface area (Å²) in [6.45, 7) is 4.83. The molecule has 1 aromatic rings. The third-order valence-electron chi connectivity index (χ3n) is 5.70. The maximum Gasteiger partial charge on any atom is 0.293 e. The third-order valence-corrected chi connectivity index (χ3v) is 5.94. The Balaban J connectivity index is 2.10. The molecule has 3 atom stereocenters. The van der Waals surface area contributed by atoms with Crippen LogP contribution in [0.5, 0.6) is 0 Å². The molecule has 1 heterocycles. The third kappa shape index (κ3) is 2.63. The first-order valence-electron chi connectivity index (χ1n) is 9.71. The van der Waals surface area contributed by atoms with Gasteiger partial charge in [-0.2, -0.15) is 10.5 Å². The fourth-order valence-electron chi connectivity index (χ4n) is 4.25. The predicted octanol–water partition coefficient (Wildman–Crippen LogP) is 4.12. The second kappa shape index (κ2) is 7.72. The summed E-state index contributed by atoms with van der Waals surface area (Å²) in [6, 6.07) is 11.8. The Morgan fingerprint density at radius 2 is 1.79 bits per heavy atom. The molecular weight excluding hydrogens is 376 g/mol. The van der Waals surface area contributed by atoms with Crippen LogP contribution in [0, 0.1) is 33.5 Å². The van der Waals surface area contributed by atoms with Crippen LogP contribution in [0.4, 0.5) is 0 Å². The molecule has 3 unspecified atom stereocenters. The van der Waals surface area contributed by atoms with Crippen LogP contribution in [0.15, 0.2) is 29.3 Å². The number of aliphatic imine (C=N–C) groups is 1. The van der Waals surface area contributed by atoms with Crippen LogP contribution in [0.25, 0.3) is 0 Å². The van der Waals surface area contributed by atoms with Gasteiger partial charge in [-0.3, -0.25) is 0 Å². The molecule has 1 saturated carbocycles. The number of benzene rings is 1. The quantitative estimate of drug-likeness (QED) is 0.496. The van der Waals surface area contributed by atoms with Crippen LogP contribution < -0.4 is 5.73 Å². The van der Waals surface area contributed by atoms with Gasteiger partial charge < -0.3 is 15.2 Å². The van der Waals surface area contributed by atoms with Crippen molar-refractivity contribution in [3.05, 3.63) is 34.9 Å². The van der Waals surface area contributed by atoms with Crippen LogP contribution >= 0.6 is 11.6 Å². The summed E-state index contributed by atoms with van der Waals surface area (Å²) in [4.78, 5) is 4.45. The van der Waals surface area contributed by atoms with Crippen molar-refractivity contribution >= 4 is 17.4 Å². The Hall–Kier alpha value is -2.12. The molecule has 0 spiro atoms. The molecule has 0 aromatic heterocycles. The number of unbranched alkanes of at least 4 members (excludes halogenated alkanes) is 2. The monoisotopic (exact) mass is 400 g/mol. The second-order valence-corrected chi connectivity index (χ2v) is 7.75.